The van der Waals surface area contributed by atoms with E-state index in [1.165, 1.54) is 0 Å². The van der Waals surface area contributed by atoms with E-state index in [9.17, 15) is 13.2 Å². The number of thioether (sulfide) groups is 1. The quantitative estimate of drug-likeness (QED) is 0.827. The molecule has 1 saturated carbocycles. The van der Waals surface area contributed by atoms with Crippen LogP contribution in [0.15, 0.2) is 0 Å². The number of nitrogens with two attached hydrogens (primary N) is 1. The van der Waals surface area contributed by atoms with Crippen LogP contribution in [0.2, 0.25) is 0 Å². The maximum absolute atomic E-state index is 12.0. The van der Waals surface area contributed by atoms with E-state index < -0.39 is 5.51 Å². The summed E-state index contributed by atoms with van der Waals surface area (Å²) in [7, 11) is 0. The monoisotopic (exact) mass is 255 g/mol. The van der Waals surface area contributed by atoms with E-state index in [2.05, 4.69) is 6.92 Å². The van der Waals surface area contributed by atoms with Gasteiger partial charge in [0.25, 0.3) is 0 Å². The average molecular weight is 255 g/mol. The summed E-state index contributed by atoms with van der Waals surface area (Å²) in [5.74, 6) is 0.852. The molecule has 2 N–H and O–H groups in total. The average Bonchev–Trinajstić information content (AvgIpc) is 2.20. The molecule has 0 spiro atoms. The standard InChI is InChI=1S/C11H20F3NS/c1-9-2-4-10(8-15,5-3-9)6-7-16-11(12,13)14/h9H,2-8,15H2,1H3. The molecule has 1 nitrogen and oxygen atoms in total. The van der Waals surface area contributed by atoms with Crippen molar-refractivity contribution in [2.24, 2.45) is 17.1 Å². The molecule has 0 aromatic heterocycles. The normalized spacial score (nSPS) is 31.7. The van der Waals surface area contributed by atoms with E-state index in [0.717, 1.165) is 25.7 Å². The SMILES string of the molecule is CC1CCC(CN)(CCSC(F)(F)F)CC1. The lowest BCUT2D eigenvalue weighted by atomic mass is 9.69. The van der Waals surface area contributed by atoms with Crippen molar-refractivity contribution in [3.8, 4) is 0 Å². The summed E-state index contributed by atoms with van der Waals surface area (Å²) in [6.45, 7) is 2.73. The number of alkyl halides is 3. The van der Waals surface area contributed by atoms with Gasteiger partial charge in [-0.05, 0) is 37.1 Å². The number of rotatable bonds is 4. The Balaban J connectivity index is 2.36. The van der Waals surface area contributed by atoms with Crippen LogP contribution in [0.1, 0.15) is 39.0 Å². The van der Waals surface area contributed by atoms with Crippen LogP contribution in [0.3, 0.4) is 0 Å². The maximum atomic E-state index is 12.0. The second-order valence-corrected chi connectivity index (χ2v) is 6.09. The summed E-state index contributed by atoms with van der Waals surface area (Å²) in [5.41, 5.74) is 1.62. The van der Waals surface area contributed by atoms with Crippen molar-refractivity contribution in [2.75, 3.05) is 12.3 Å². The van der Waals surface area contributed by atoms with Gasteiger partial charge < -0.3 is 5.73 Å². The summed E-state index contributed by atoms with van der Waals surface area (Å²) in [4.78, 5) is 0. The molecule has 0 bridgehead atoms. The van der Waals surface area contributed by atoms with Gasteiger partial charge in [0, 0.05) is 5.75 Å². The molecule has 16 heavy (non-hydrogen) atoms. The van der Waals surface area contributed by atoms with Crippen LogP contribution in [-0.4, -0.2) is 17.8 Å². The first-order valence-electron chi connectivity index (χ1n) is 5.78. The minimum absolute atomic E-state index is 0.0231. The molecule has 0 atom stereocenters. The van der Waals surface area contributed by atoms with Crippen molar-refractivity contribution in [1.29, 1.82) is 0 Å². The van der Waals surface area contributed by atoms with Gasteiger partial charge in [-0.3, -0.25) is 0 Å². The Hall–Kier alpha value is 0.100. The second-order valence-electron chi connectivity index (χ2n) is 4.93. The van der Waals surface area contributed by atoms with Crippen LogP contribution >= 0.6 is 11.8 Å². The Morgan fingerprint density at radius 3 is 2.31 bits per heavy atom. The molecule has 0 aliphatic heterocycles. The minimum Gasteiger partial charge on any atom is -0.330 e. The summed E-state index contributed by atoms with van der Waals surface area (Å²) < 4.78 is 36.1. The number of halogens is 3. The van der Waals surface area contributed by atoms with E-state index in [0.29, 0.717) is 18.9 Å². The predicted molar refractivity (Wildman–Crippen MR) is 62.2 cm³/mol. The Bertz CT molecular complexity index is 210. The Kier molecular flexibility index (Phi) is 4.98. The molecule has 5 heteroatoms. The molecule has 96 valence electrons. The third-order valence-corrected chi connectivity index (χ3v) is 4.40. The predicted octanol–water partition coefficient (Wildman–Crippen LogP) is 3.78. The van der Waals surface area contributed by atoms with Crippen LogP contribution in [0.4, 0.5) is 13.2 Å². The lowest BCUT2D eigenvalue weighted by Crippen LogP contribution is -2.35. The maximum Gasteiger partial charge on any atom is 0.441 e. The van der Waals surface area contributed by atoms with Crippen molar-refractivity contribution < 1.29 is 13.2 Å². The highest BCUT2D eigenvalue weighted by Crippen LogP contribution is 2.42. The summed E-state index contributed by atoms with van der Waals surface area (Å²) in [5, 5.41) is 0. The summed E-state index contributed by atoms with van der Waals surface area (Å²) in [6.07, 6.45) is 4.79. The van der Waals surface area contributed by atoms with Crippen LogP contribution in [-0.2, 0) is 0 Å². The summed E-state index contributed by atoms with van der Waals surface area (Å²) in [6, 6.07) is 0. The van der Waals surface area contributed by atoms with E-state index in [4.69, 9.17) is 5.73 Å². The molecule has 0 unspecified atom stereocenters. The van der Waals surface area contributed by atoms with Crippen molar-refractivity contribution in [3.05, 3.63) is 0 Å². The van der Waals surface area contributed by atoms with Crippen LogP contribution in [0.25, 0.3) is 0 Å². The van der Waals surface area contributed by atoms with Gasteiger partial charge in [-0.25, -0.2) is 0 Å². The molecule has 1 rings (SSSR count). The van der Waals surface area contributed by atoms with E-state index >= 15 is 0 Å². The molecule has 0 heterocycles. The molecular weight excluding hydrogens is 235 g/mol. The van der Waals surface area contributed by atoms with Gasteiger partial charge in [0.05, 0.1) is 0 Å². The molecule has 1 aliphatic carbocycles. The Morgan fingerprint density at radius 2 is 1.88 bits per heavy atom. The van der Waals surface area contributed by atoms with Crippen LogP contribution < -0.4 is 5.73 Å². The first-order valence-corrected chi connectivity index (χ1v) is 6.76. The lowest BCUT2D eigenvalue weighted by molar-refractivity contribution is -0.0329. The first-order chi connectivity index (χ1) is 7.37. The van der Waals surface area contributed by atoms with E-state index in [1.54, 1.807) is 0 Å². The fourth-order valence-corrected chi connectivity index (χ4v) is 3.08. The van der Waals surface area contributed by atoms with Gasteiger partial charge >= 0.3 is 5.51 Å². The van der Waals surface area contributed by atoms with Crippen molar-refractivity contribution in [3.63, 3.8) is 0 Å². The minimum atomic E-state index is -4.10. The Labute approximate surface area is 99.3 Å². The smallest absolute Gasteiger partial charge is 0.330 e. The van der Waals surface area contributed by atoms with Gasteiger partial charge in [0.15, 0.2) is 0 Å². The Morgan fingerprint density at radius 1 is 1.31 bits per heavy atom. The second kappa shape index (κ2) is 5.63. The van der Waals surface area contributed by atoms with Crippen molar-refractivity contribution >= 4 is 11.8 Å². The zero-order valence-electron chi connectivity index (χ0n) is 9.65. The fraction of sp³-hybridized carbons (Fsp3) is 1.00. The number of hydrogen-bond donors (Lipinski definition) is 1. The fourth-order valence-electron chi connectivity index (χ4n) is 2.31. The summed E-state index contributed by atoms with van der Waals surface area (Å²) >= 11 is 0.0864. The van der Waals surface area contributed by atoms with Crippen molar-refractivity contribution in [1.82, 2.24) is 0 Å². The van der Waals surface area contributed by atoms with E-state index in [1.807, 2.05) is 0 Å². The van der Waals surface area contributed by atoms with Crippen LogP contribution in [0.5, 0.6) is 0 Å². The highest BCUT2D eigenvalue weighted by atomic mass is 32.2. The molecule has 0 saturated heterocycles. The molecule has 0 aromatic rings. The van der Waals surface area contributed by atoms with Gasteiger partial charge in [0.2, 0.25) is 0 Å². The van der Waals surface area contributed by atoms with Gasteiger partial charge in [-0.15, -0.1) is 0 Å². The molecule has 1 fully saturated rings. The molecular formula is C11H20F3NS. The topological polar surface area (TPSA) is 26.0 Å². The highest BCUT2D eigenvalue weighted by Gasteiger charge is 2.35. The molecule has 0 radical (unpaired) electrons. The van der Waals surface area contributed by atoms with E-state index in [-0.39, 0.29) is 22.9 Å². The van der Waals surface area contributed by atoms with Crippen LogP contribution in [0, 0.1) is 11.3 Å². The third kappa shape index (κ3) is 4.53. The highest BCUT2D eigenvalue weighted by molar-refractivity contribution is 8.00. The third-order valence-electron chi connectivity index (χ3n) is 3.67. The van der Waals surface area contributed by atoms with Gasteiger partial charge in [-0.1, -0.05) is 31.5 Å². The van der Waals surface area contributed by atoms with Gasteiger partial charge in [-0.2, -0.15) is 13.2 Å². The molecule has 0 amide bonds. The lowest BCUT2D eigenvalue weighted by Gasteiger charge is -2.38. The van der Waals surface area contributed by atoms with Gasteiger partial charge in [0.1, 0.15) is 0 Å². The number of hydrogen-bond acceptors (Lipinski definition) is 2. The zero-order chi connectivity index (χ0) is 12.2. The first kappa shape index (κ1) is 14.2. The molecule has 1 aliphatic rings. The van der Waals surface area contributed by atoms with Crippen molar-refractivity contribution in [2.45, 2.75) is 44.5 Å². The molecule has 0 aromatic carbocycles. The zero-order valence-corrected chi connectivity index (χ0v) is 10.5. The largest absolute Gasteiger partial charge is 0.441 e.